The fourth-order valence-corrected chi connectivity index (χ4v) is 1.98. The SMILES string of the molecule is CC(C)CC(CN(C)C)NC(=O)c1ccc(NN)nn1. The molecule has 0 radical (unpaired) electrons. The summed E-state index contributed by atoms with van der Waals surface area (Å²) in [6.07, 6.45) is 0.916. The maximum atomic E-state index is 12.1. The van der Waals surface area contributed by atoms with Crippen molar-refractivity contribution in [3.8, 4) is 0 Å². The minimum atomic E-state index is -0.214. The standard InChI is InChI=1S/C13H24N6O/c1-9(2)7-10(8-19(3)4)15-13(20)11-5-6-12(16-14)18-17-11/h5-6,9-10H,7-8,14H2,1-4H3,(H,15,20)(H,16,18). The minimum Gasteiger partial charge on any atom is -0.347 e. The Morgan fingerprint density at radius 2 is 2.05 bits per heavy atom. The molecule has 1 atom stereocenters. The largest absolute Gasteiger partial charge is 0.347 e. The van der Waals surface area contributed by atoms with Crippen LogP contribution in [-0.4, -0.2) is 47.7 Å². The lowest BCUT2D eigenvalue weighted by molar-refractivity contribution is 0.0918. The Balaban J connectivity index is 2.68. The molecule has 0 aromatic carbocycles. The van der Waals surface area contributed by atoms with E-state index in [4.69, 9.17) is 5.84 Å². The van der Waals surface area contributed by atoms with Gasteiger partial charge in [0.05, 0.1) is 0 Å². The number of nitrogens with zero attached hydrogens (tertiary/aromatic N) is 3. The van der Waals surface area contributed by atoms with Crippen LogP contribution in [0.3, 0.4) is 0 Å². The number of carbonyl (C=O) groups excluding carboxylic acids is 1. The van der Waals surface area contributed by atoms with Crippen LogP contribution < -0.4 is 16.6 Å². The second kappa shape index (κ2) is 7.76. The number of anilines is 1. The van der Waals surface area contributed by atoms with E-state index >= 15 is 0 Å². The van der Waals surface area contributed by atoms with Crippen molar-refractivity contribution in [1.29, 1.82) is 0 Å². The lowest BCUT2D eigenvalue weighted by Crippen LogP contribution is -2.42. The van der Waals surface area contributed by atoms with Gasteiger partial charge in [0.2, 0.25) is 0 Å². The van der Waals surface area contributed by atoms with Crippen molar-refractivity contribution in [2.24, 2.45) is 11.8 Å². The first-order chi connectivity index (χ1) is 9.42. The molecule has 0 spiro atoms. The third-order valence-electron chi connectivity index (χ3n) is 2.72. The van der Waals surface area contributed by atoms with Crippen LogP contribution in [-0.2, 0) is 0 Å². The van der Waals surface area contributed by atoms with E-state index in [1.54, 1.807) is 12.1 Å². The third-order valence-corrected chi connectivity index (χ3v) is 2.72. The second-order valence-corrected chi connectivity index (χ2v) is 5.51. The van der Waals surface area contributed by atoms with Crippen molar-refractivity contribution in [2.45, 2.75) is 26.3 Å². The fourth-order valence-electron chi connectivity index (χ4n) is 1.98. The molecule has 0 fully saturated rings. The van der Waals surface area contributed by atoms with Crippen LogP contribution in [0.5, 0.6) is 0 Å². The predicted octanol–water partition coefficient (Wildman–Crippen LogP) is 0.468. The monoisotopic (exact) mass is 280 g/mol. The molecule has 1 aromatic heterocycles. The molecule has 4 N–H and O–H groups in total. The molecule has 1 aromatic rings. The van der Waals surface area contributed by atoms with Gasteiger partial charge in [0.25, 0.3) is 5.91 Å². The van der Waals surface area contributed by atoms with E-state index < -0.39 is 0 Å². The highest BCUT2D eigenvalue weighted by molar-refractivity contribution is 5.92. The van der Waals surface area contributed by atoms with Crippen molar-refractivity contribution < 1.29 is 4.79 Å². The fraction of sp³-hybridized carbons (Fsp3) is 0.615. The first-order valence-electron chi connectivity index (χ1n) is 6.68. The molecule has 0 saturated heterocycles. The zero-order chi connectivity index (χ0) is 15.1. The van der Waals surface area contributed by atoms with Crippen LogP contribution in [0.15, 0.2) is 12.1 Å². The zero-order valence-electron chi connectivity index (χ0n) is 12.6. The van der Waals surface area contributed by atoms with Gasteiger partial charge < -0.3 is 15.6 Å². The number of rotatable bonds is 7. The third kappa shape index (κ3) is 5.50. The van der Waals surface area contributed by atoms with Crippen molar-refractivity contribution in [2.75, 3.05) is 26.1 Å². The Morgan fingerprint density at radius 3 is 2.50 bits per heavy atom. The van der Waals surface area contributed by atoms with Crippen molar-refractivity contribution in [1.82, 2.24) is 20.4 Å². The van der Waals surface area contributed by atoms with E-state index in [9.17, 15) is 4.79 Å². The summed E-state index contributed by atoms with van der Waals surface area (Å²) in [5.74, 6) is 5.93. The zero-order valence-corrected chi connectivity index (χ0v) is 12.6. The van der Waals surface area contributed by atoms with Gasteiger partial charge in [-0.15, -0.1) is 10.2 Å². The van der Waals surface area contributed by atoms with Crippen LogP contribution >= 0.6 is 0 Å². The Labute approximate surface area is 119 Å². The van der Waals surface area contributed by atoms with Crippen LogP contribution in [0.4, 0.5) is 5.82 Å². The molecule has 1 unspecified atom stereocenters. The summed E-state index contributed by atoms with van der Waals surface area (Å²) >= 11 is 0. The molecule has 112 valence electrons. The number of hydrogen-bond donors (Lipinski definition) is 3. The maximum Gasteiger partial charge on any atom is 0.272 e. The van der Waals surface area contributed by atoms with E-state index in [0.717, 1.165) is 13.0 Å². The molecule has 0 aliphatic rings. The highest BCUT2D eigenvalue weighted by atomic mass is 16.2. The van der Waals surface area contributed by atoms with E-state index in [2.05, 4.69) is 39.7 Å². The number of hydrogen-bond acceptors (Lipinski definition) is 6. The lowest BCUT2D eigenvalue weighted by Gasteiger charge is -2.23. The predicted molar refractivity (Wildman–Crippen MR) is 79.1 cm³/mol. The summed E-state index contributed by atoms with van der Waals surface area (Å²) in [6, 6.07) is 3.30. The van der Waals surface area contributed by atoms with Crippen molar-refractivity contribution in [3.63, 3.8) is 0 Å². The molecule has 0 bridgehead atoms. The van der Waals surface area contributed by atoms with Gasteiger partial charge in [0.15, 0.2) is 11.5 Å². The number of amides is 1. The number of likely N-dealkylation sites (N-methyl/N-ethyl adjacent to an activating group) is 1. The van der Waals surface area contributed by atoms with Crippen molar-refractivity contribution in [3.05, 3.63) is 17.8 Å². The second-order valence-electron chi connectivity index (χ2n) is 5.51. The van der Waals surface area contributed by atoms with Gasteiger partial charge >= 0.3 is 0 Å². The summed E-state index contributed by atoms with van der Waals surface area (Å²) in [7, 11) is 3.97. The Morgan fingerprint density at radius 1 is 1.35 bits per heavy atom. The van der Waals surface area contributed by atoms with Gasteiger partial charge in [-0.25, -0.2) is 5.84 Å². The molecular weight excluding hydrogens is 256 g/mol. The van der Waals surface area contributed by atoms with E-state index in [1.807, 2.05) is 14.1 Å². The maximum absolute atomic E-state index is 12.1. The topological polar surface area (TPSA) is 96.2 Å². The van der Waals surface area contributed by atoms with E-state index in [0.29, 0.717) is 11.7 Å². The molecule has 7 heteroatoms. The summed E-state index contributed by atoms with van der Waals surface area (Å²) in [6.45, 7) is 5.06. The molecule has 1 amide bonds. The van der Waals surface area contributed by atoms with Crippen LogP contribution in [0.1, 0.15) is 30.8 Å². The van der Waals surface area contributed by atoms with Crippen LogP contribution in [0.2, 0.25) is 0 Å². The number of aromatic nitrogens is 2. The Hall–Kier alpha value is -1.73. The van der Waals surface area contributed by atoms with Crippen LogP contribution in [0, 0.1) is 5.92 Å². The number of nitrogen functional groups attached to an aromatic ring is 1. The average molecular weight is 280 g/mol. The van der Waals surface area contributed by atoms with Crippen LogP contribution in [0.25, 0.3) is 0 Å². The highest BCUT2D eigenvalue weighted by Crippen LogP contribution is 2.07. The molecule has 7 nitrogen and oxygen atoms in total. The number of nitrogens with two attached hydrogens (primary N) is 1. The van der Waals surface area contributed by atoms with Gasteiger partial charge in [-0.1, -0.05) is 13.8 Å². The van der Waals surface area contributed by atoms with Gasteiger partial charge in [0, 0.05) is 12.6 Å². The van der Waals surface area contributed by atoms with E-state index in [-0.39, 0.29) is 17.6 Å². The number of hydrazine groups is 1. The quantitative estimate of drug-likeness (QED) is 0.496. The highest BCUT2D eigenvalue weighted by Gasteiger charge is 2.17. The summed E-state index contributed by atoms with van der Waals surface area (Å²) in [5, 5.41) is 10.6. The summed E-state index contributed by atoms with van der Waals surface area (Å²) in [5.41, 5.74) is 2.66. The molecule has 1 rings (SSSR count). The molecule has 0 aliphatic heterocycles. The minimum absolute atomic E-state index is 0.0895. The smallest absolute Gasteiger partial charge is 0.272 e. The lowest BCUT2D eigenvalue weighted by atomic mass is 10.0. The Bertz CT molecular complexity index is 407. The van der Waals surface area contributed by atoms with Gasteiger partial charge in [-0.05, 0) is 38.6 Å². The number of nitrogens with one attached hydrogen (secondary N) is 2. The molecule has 0 aliphatic carbocycles. The number of carbonyl (C=O) groups is 1. The first kappa shape index (κ1) is 16.3. The molecular formula is C13H24N6O. The van der Waals surface area contributed by atoms with Gasteiger partial charge in [0.1, 0.15) is 0 Å². The molecule has 0 saturated carbocycles. The Kier molecular flexibility index (Phi) is 6.33. The van der Waals surface area contributed by atoms with E-state index in [1.165, 1.54) is 0 Å². The molecule has 20 heavy (non-hydrogen) atoms. The normalized spacial score (nSPS) is 12.6. The van der Waals surface area contributed by atoms with Gasteiger partial charge in [-0.3, -0.25) is 4.79 Å². The summed E-state index contributed by atoms with van der Waals surface area (Å²) < 4.78 is 0. The molecule has 1 heterocycles. The average Bonchev–Trinajstić information content (AvgIpc) is 2.37. The van der Waals surface area contributed by atoms with Gasteiger partial charge in [-0.2, -0.15) is 0 Å². The van der Waals surface area contributed by atoms with Crippen molar-refractivity contribution >= 4 is 11.7 Å². The first-order valence-corrected chi connectivity index (χ1v) is 6.68. The summed E-state index contributed by atoms with van der Waals surface area (Å²) in [4.78, 5) is 14.2.